The highest BCUT2D eigenvalue weighted by Gasteiger charge is 2.14. The molecule has 6 nitrogen and oxygen atoms in total. The molecule has 0 saturated heterocycles. The Balaban J connectivity index is 1.57. The van der Waals surface area contributed by atoms with Gasteiger partial charge in [0.15, 0.2) is 5.01 Å². The summed E-state index contributed by atoms with van der Waals surface area (Å²) < 4.78 is 7.39. The van der Waals surface area contributed by atoms with Crippen LogP contribution in [0.15, 0.2) is 48.7 Å². The quantitative estimate of drug-likeness (QED) is 0.567. The van der Waals surface area contributed by atoms with Gasteiger partial charge >= 0.3 is 0 Å². The van der Waals surface area contributed by atoms with E-state index in [9.17, 15) is 0 Å². The van der Waals surface area contributed by atoms with E-state index >= 15 is 0 Å². The van der Waals surface area contributed by atoms with Crippen LogP contribution in [0.1, 0.15) is 5.01 Å². The summed E-state index contributed by atoms with van der Waals surface area (Å²) in [5.41, 5.74) is 0.732. The van der Waals surface area contributed by atoms with Crippen LogP contribution in [-0.2, 0) is 6.61 Å². The average Bonchev–Trinajstić information content (AvgIpc) is 3.15. The summed E-state index contributed by atoms with van der Waals surface area (Å²) in [7, 11) is 0. The number of nitrogens with zero attached hydrogens (tertiary/aromatic N) is 5. The molecule has 114 valence electrons. The fourth-order valence-corrected chi connectivity index (χ4v) is 2.92. The van der Waals surface area contributed by atoms with Gasteiger partial charge in [0.25, 0.3) is 0 Å². The smallest absolute Gasteiger partial charge is 0.235 e. The molecule has 0 aliphatic carbocycles. The number of hydrogen-bond donors (Lipinski definition) is 0. The normalized spacial score (nSPS) is 11.0. The van der Waals surface area contributed by atoms with Gasteiger partial charge in [-0.1, -0.05) is 29.0 Å². The number of rotatable bonds is 4. The van der Waals surface area contributed by atoms with E-state index in [2.05, 4.69) is 20.3 Å². The van der Waals surface area contributed by atoms with E-state index < -0.39 is 0 Å². The Morgan fingerprint density at radius 1 is 1.09 bits per heavy atom. The van der Waals surface area contributed by atoms with Gasteiger partial charge in [-0.2, -0.15) is 9.61 Å². The number of hydrogen-bond acceptors (Lipinski definition) is 6. The van der Waals surface area contributed by atoms with E-state index in [0.29, 0.717) is 22.4 Å². The van der Waals surface area contributed by atoms with E-state index in [-0.39, 0.29) is 0 Å². The Kier molecular flexibility index (Phi) is 3.64. The molecule has 0 fully saturated rings. The molecule has 0 aliphatic heterocycles. The fourth-order valence-electron chi connectivity index (χ4n) is 2.05. The van der Waals surface area contributed by atoms with Crippen molar-refractivity contribution in [2.24, 2.45) is 0 Å². The second kappa shape index (κ2) is 5.94. The average molecular weight is 344 g/mol. The molecule has 4 aromatic rings. The topological polar surface area (TPSA) is 65.2 Å². The molecular weight excluding hydrogens is 334 g/mol. The molecule has 3 aromatic heterocycles. The zero-order chi connectivity index (χ0) is 15.6. The Bertz CT molecular complexity index is 936. The number of pyridine rings is 1. The first-order valence-electron chi connectivity index (χ1n) is 6.80. The van der Waals surface area contributed by atoms with Crippen LogP contribution in [0.25, 0.3) is 16.5 Å². The molecule has 0 atom stereocenters. The van der Waals surface area contributed by atoms with Gasteiger partial charge in [0.2, 0.25) is 10.8 Å². The van der Waals surface area contributed by atoms with Crippen molar-refractivity contribution in [1.82, 2.24) is 24.8 Å². The molecule has 0 amide bonds. The van der Waals surface area contributed by atoms with Gasteiger partial charge in [0.1, 0.15) is 18.1 Å². The summed E-state index contributed by atoms with van der Waals surface area (Å²) in [5, 5.41) is 14.3. The molecule has 0 unspecified atom stereocenters. The van der Waals surface area contributed by atoms with Gasteiger partial charge in [0.05, 0.1) is 0 Å². The first-order chi connectivity index (χ1) is 11.3. The predicted molar refractivity (Wildman–Crippen MR) is 87.7 cm³/mol. The van der Waals surface area contributed by atoms with E-state index in [1.54, 1.807) is 22.8 Å². The molecule has 4 rings (SSSR count). The molecule has 0 spiro atoms. The molecule has 3 heterocycles. The lowest BCUT2D eigenvalue weighted by molar-refractivity contribution is 0.304. The minimum Gasteiger partial charge on any atom is -0.486 e. The Morgan fingerprint density at radius 3 is 2.74 bits per heavy atom. The highest BCUT2D eigenvalue weighted by Crippen LogP contribution is 2.22. The molecule has 1 aromatic carbocycles. The van der Waals surface area contributed by atoms with Crippen molar-refractivity contribution in [3.05, 3.63) is 58.7 Å². The molecule has 0 radical (unpaired) electrons. The SMILES string of the molecule is Clc1ccc(OCc2nn3c(-c4ccccn4)nnc3s2)cc1. The summed E-state index contributed by atoms with van der Waals surface area (Å²) in [6.45, 7) is 0.358. The second-order valence-electron chi connectivity index (χ2n) is 4.67. The maximum Gasteiger partial charge on any atom is 0.235 e. The Morgan fingerprint density at radius 2 is 1.96 bits per heavy atom. The maximum atomic E-state index is 5.85. The van der Waals surface area contributed by atoms with Crippen LogP contribution in [-0.4, -0.2) is 24.8 Å². The van der Waals surface area contributed by atoms with Crippen molar-refractivity contribution in [3.63, 3.8) is 0 Å². The molecule has 23 heavy (non-hydrogen) atoms. The Labute approximate surface area is 140 Å². The minimum absolute atomic E-state index is 0.358. The van der Waals surface area contributed by atoms with Crippen LogP contribution >= 0.6 is 22.9 Å². The van der Waals surface area contributed by atoms with Crippen LogP contribution in [0.5, 0.6) is 5.75 Å². The maximum absolute atomic E-state index is 5.85. The highest BCUT2D eigenvalue weighted by molar-refractivity contribution is 7.16. The van der Waals surface area contributed by atoms with Crippen molar-refractivity contribution in [1.29, 1.82) is 0 Å². The van der Waals surface area contributed by atoms with Crippen molar-refractivity contribution < 1.29 is 4.74 Å². The number of benzene rings is 1. The second-order valence-corrected chi connectivity index (χ2v) is 6.15. The van der Waals surface area contributed by atoms with E-state index in [1.165, 1.54) is 11.3 Å². The van der Waals surface area contributed by atoms with Gasteiger partial charge in [0, 0.05) is 11.2 Å². The van der Waals surface area contributed by atoms with Crippen LogP contribution in [0.2, 0.25) is 5.02 Å². The van der Waals surface area contributed by atoms with Crippen molar-refractivity contribution in [2.75, 3.05) is 0 Å². The number of ether oxygens (including phenoxy) is 1. The zero-order valence-corrected chi connectivity index (χ0v) is 13.3. The molecule has 0 N–H and O–H groups in total. The molecule has 0 bridgehead atoms. The predicted octanol–water partition coefficient (Wildman–Crippen LogP) is 3.48. The van der Waals surface area contributed by atoms with Crippen LogP contribution in [0.4, 0.5) is 0 Å². The zero-order valence-electron chi connectivity index (χ0n) is 11.8. The summed E-state index contributed by atoms with van der Waals surface area (Å²) in [4.78, 5) is 4.99. The third-order valence-electron chi connectivity index (χ3n) is 3.10. The summed E-state index contributed by atoms with van der Waals surface area (Å²) >= 11 is 7.29. The van der Waals surface area contributed by atoms with Gasteiger partial charge in [-0.05, 0) is 36.4 Å². The minimum atomic E-state index is 0.358. The molecule has 8 heteroatoms. The lowest BCUT2D eigenvalue weighted by Crippen LogP contribution is -1.98. The number of halogens is 1. The summed E-state index contributed by atoms with van der Waals surface area (Å²) in [5.74, 6) is 1.36. The van der Waals surface area contributed by atoms with E-state index in [0.717, 1.165) is 16.5 Å². The van der Waals surface area contributed by atoms with Crippen molar-refractivity contribution in [3.8, 4) is 17.3 Å². The third kappa shape index (κ3) is 2.88. The Hall–Kier alpha value is -2.51. The largest absolute Gasteiger partial charge is 0.486 e. The van der Waals surface area contributed by atoms with Gasteiger partial charge in [-0.3, -0.25) is 4.98 Å². The van der Waals surface area contributed by atoms with E-state index in [1.807, 2.05) is 30.3 Å². The monoisotopic (exact) mass is 343 g/mol. The summed E-state index contributed by atoms with van der Waals surface area (Å²) in [6, 6.07) is 12.8. The number of fused-ring (bicyclic) bond motifs is 1. The van der Waals surface area contributed by atoms with E-state index in [4.69, 9.17) is 16.3 Å². The van der Waals surface area contributed by atoms with Gasteiger partial charge < -0.3 is 4.74 Å². The number of aromatic nitrogens is 5. The van der Waals surface area contributed by atoms with Gasteiger partial charge in [-0.25, -0.2) is 0 Å². The third-order valence-corrected chi connectivity index (χ3v) is 4.23. The molecule has 0 saturated carbocycles. The van der Waals surface area contributed by atoms with Crippen molar-refractivity contribution in [2.45, 2.75) is 6.61 Å². The molecule has 0 aliphatic rings. The van der Waals surface area contributed by atoms with Crippen LogP contribution < -0.4 is 4.74 Å². The molecular formula is C15H10ClN5OS. The van der Waals surface area contributed by atoms with Gasteiger partial charge in [-0.15, -0.1) is 10.2 Å². The van der Waals surface area contributed by atoms with Crippen LogP contribution in [0, 0.1) is 0 Å². The first kappa shape index (κ1) is 14.1. The lowest BCUT2D eigenvalue weighted by Gasteiger charge is -2.02. The standard InChI is InChI=1S/C15H10ClN5OS/c16-10-4-6-11(7-5-10)22-9-13-20-21-14(18-19-15(21)23-13)12-3-1-2-8-17-12/h1-8H,9H2. The van der Waals surface area contributed by atoms with Crippen molar-refractivity contribution >= 4 is 27.9 Å². The summed E-state index contributed by atoms with van der Waals surface area (Å²) in [6.07, 6.45) is 1.72. The first-order valence-corrected chi connectivity index (χ1v) is 8.00. The fraction of sp³-hybridized carbons (Fsp3) is 0.0667. The van der Waals surface area contributed by atoms with Crippen LogP contribution in [0.3, 0.4) is 0 Å². The highest BCUT2D eigenvalue weighted by atomic mass is 35.5. The lowest BCUT2D eigenvalue weighted by atomic mass is 10.3.